The van der Waals surface area contributed by atoms with Crippen molar-refractivity contribution in [1.82, 2.24) is 4.98 Å². The molecule has 0 radical (unpaired) electrons. The van der Waals surface area contributed by atoms with Crippen LogP contribution in [0, 0.1) is 5.82 Å². The summed E-state index contributed by atoms with van der Waals surface area (Å²) in [5, 5.41) is 0.125. The first-order chi connectivity index (χ1) is 7.66. The first kappa shape index (κ1) is 10.9. The molecule has 0 saturated heterocycles. The maximum absolute atomic E-state index is 12.9. The molecule has 0 atom stereocenters. The Morgan fingerprint density at radius 2 is 2.12 bits per heavy atom. The molecule has 1 aromatic heterocycles. The molecule has 2 nitrogen and oxygen atoms in total. The van der Waals surface area contributed by atoms with E-state index < -0.39 is 5.82 Å². The fourth-order valence-electron chi connectivity index (χ4n) is 1.47. The van der Waals surface area contributed by atoms with E-state index in [0.29, 0.717) is 12.2 Å². The van der Waals surface area contributed by atoms with Crippen LogP contribution in [0.3, 0.4) is 0 Å². The smallest absolute Gasteiger partial charge is 0.141 e. The maximum atomic E-state index is 12.9. The molecule has 1 heterocycles. The van der Waals surface area contributed by atoms with Crippen molar-refractivity contribution in [3.05, 3.63) is 58.5 Å². The molecule has 4 heteroatoms. The highest BCUT2D eigenvalue weighted by atomic mass is 35.5. The Balaban J connectivity index is 2.28. The lowest BCUT2D eigenvalue weighted by Crippen LogP contribution is -1.98. The van der Waals surface area contributed by atoms with E-state index in [-0.39, 0.29) is 5.02 Å². The standard InChI is InChI=1S/C12H10ClFN2/c13-10-7-8(3-4-11(10)14)6-9-2-1-5-16-12(9)15/h1-5,7H,6H2,(H2,15,16). The molecule has 1 aromatic carbocycles. The summed E-state index contributed by atoms with van der Waals surface area (Å²) in [6.07, 6.45) is 2.23. The number of pyridine rings is 1. The van der Waals surface area contributed by atoms with Crippen molar-refractivity contribution in [2.45, 2.75) is 6.42 Å². The average molecular weight is 237 g/mol. The van der Waals surface area contributed by atoms with Gasteiger partial charge in [-0.2, -0.15) is 0 Å². The summed E-state index contributed by atoms with van der Waals surface area (Å²) >= 11 is 5.70. The van der Waals surface area contributed by atoms with Crippen molar-refractivity contribution in [3.8, 4) is 0 Å². The molecule has 0 spiro atoms. The quantitative estimate of drug-likeness (QED) is 0.871. The number of rotatable bonds is 2. The van der Waals surface area contributed by atoms with Gasteiger partial charge in [0.25, 0.3) is 0 Å². The Morgan fingerprint density at radius 1 is 1.31 bits per heavy atom. The van der Waals surface area contributed by atoms with Crippen LogP contribution in [0.4, 0.5) is 10.2 Å². The van der Waals surface area contributed by atoms with Gasteiger partial charge < -0.3 is 5.73 Å². The first-order valence-electron chi connectivity index (χ1n) is 4.80. The van der Waals surface area contributed by atoms with Crippen molar-refractivity contribution in [2.75, 3.05) is 5.73 Å². The SMILES string of the molecule is Nc1ncccc1Cc1ccc(F)c(Cl)c1. The third kappa shape index (κ3) is 2.31. The second-order valence-corrected chi connectivity index (χ2v) is 3.88. The Kier molecular flexibility index (Phi) is 3.06. The molecule has 2 rings (SSSR count). The van der Waals surface area contributed by atoms with Crippen LogP contribution in [-0.4, -0.2) is 4.98 Å². The lowest BCUT2D eigenvalue weighted by Gasteiger charge is -2.05. The van der Waals surface area contributed by atoms with E-state index >= 15 is 0 Å². The highest BCUT2D eigenvalue weighted by Gasteiger charge is 2.04. The molecule has 0 saturated carbocycles. The molecule has 0 unspecified atom stereocenters. The van der Waals surface area contributed by atoms with Gasteiger partial charge in [0.2, 0.25) is 0 Å². The summed E-state index contributed by atoms with van der Waals surface area (Å²) in [6.45, 7) is 0. The topological polar surface area (TPSA) is 38.9 Å². The lowest BCUT2D eigenvalue weighted by atomic mass is 10.1. The monoisotopic (exact) mass is 236 g/mol. The van der Waals surface area contributed by atoms with Gasteiger partial charge >= 0.3 is 0 Å². The van der Waals surface area contributed by atoms with Gasteiger partial charge in [-0.25, -0.2) is 9.37 Å². The highest BCUT2D eigenvalue weighted by Crippen LogP contribution is 2.19. The van der Waals surface area contributed by atoms with Crippen LogP contribution in [0.25, 0.3) is 0 Å². The molecular formula is C12H10ClFN2. The molecule has 0 aliphatic carbocycles. The minimum absolute atomic E-state index is 0.125. The van der Waals surface area contributed by atoms with E-state index in [4.69, 9.17) is 17.3 Å². The predicted molar refractivity (Wildman–Crippen MR) is 62.9 cm³/mol. The maximum Gasteiger partial charge on any atom is 0.141 e. The van der Waals surface area contributed by atoms with Gasteiger partial charge in [0, 0.05) is 12.6 Å². The molecule has 16 heavy (non-hydrogen) atoms. The summed E-state index contributed by atoms with van der Waals surface area (Å²) in [5.74, 6) is 0.0764. The van der Waals surface area contributed by atoms with Gasteiger partial charge in [-0.15, -0.1) is 0 Å². The summed E-state index contributed by atoms with van der Waals surface area (Å²) in [7, 11) is 0. The molecule has 2 aromatic rings. The number of benzene rings is 1. The van der Waals surface area contributed by atoms with E-state index in [1.165, 1.54) is 6.07 Å². The van der Waals surface area contributed by atoms with E-state index in [1.807, 2.05) is 12.1 Å². The van der Waals surface area contributed by atoms with Crippen molar-refractivity contribution < 1.29 is 4.39 Å². The van der Waals surface area contributed by atoms with Crippen LogP contribution in [0.2, 0.25) is 5.02 Å². The molecular weight excluding hydrogens is 227 g/mol. The zero-order chi connectivity index (χ0) is 11.5. The van der Waals surface area contributed by atoms with E-state index in [1.54, 1.807) is 18.3 Å². The largest absolute Gasteiger partial charge is 0.383 e. The van der Waals surface area contributed by atoms with Crippen LogP contribution >= 0.6 is 11.6 Å². The van der Waals surface area contributed by atoms with Crippen molar-refractivity contribution >= 4 is 17.4 Å². The van der Waals surface area contributed by atoms with Gasteiger partial charge in [0.1, 0.15) is 11.6 Å². The summed E-state index contributed by atoms with van der Waals surface area (Å²) in [6, 6.07) is 8.34. The molecule has 0 amide bonds. The van der Waals surface area contributed by atoms with Crippen LogP contribution < -0.4 is 5.73 Å². The van der Waals surface area contributed by atoms with Crippen molar-refractivity contribution in [1.29, 1.82) is 0 Å². The van der Waals surface area contributed by atoms with E-state index in [2.05, 4.69) is 4.98 Å². The highest BCUT2D eigenvalue weighted by molar-refractivity contribution is 6.30. The number of hydrogen-bond donors (Lipinski definition) is 1. The van der Waals surface area contributed by atoms with Gasteiger partial charge in [-0.05, 0) is 29.3 Å². The zero-order valence-electron chi connectivity index (χ0n) is 8.45. The van der Waals surface area contributed by atoms with Crippen LogP contribution in [0.1, 0.15) is 11.1 Å². The third-order valence-corrected chi connectivity index (χ3v) is 2.59. The Morgan fingerprint density at radius 3 is 2.81 bits per heavy atom. The van der Waals surface area contributed by atoms with E-state index in [9.17, 15) is 4.39 Å². The second kappa shape index (κ2) is 4.49. The Hall–Kier alpha value is -1.61. The average Bonchev–Trinajstić information content (AvgIpc) is 2.27. The van der Waals surface area contributed by atoms with Crippen molar-refractivity contribution in [2.24, 2.45) is 0 Å². The molecule has 0 bridgehead atoms. The van der Waals surface area contributed by atoms with E-state index in [0.717, 1.165) is 11.1 Å². The fourth-order valence-corrected chi connectivity index (χ4v) is 1.67. The van der Waals surface area contributed by atoms with Gasteiger partial charge in [-0.3, -0.25) is 0 Å². The summed E-state index contributed by atoms with van der Waals surface area (Å²) in [4.78, 5) is 3.99. The van der Waals surface area contributed by atoms with Gasteiger partial charge in [0.05, 0.1) is 5.02 Å². The second-order valence-electron chi connectivity index (χ2n) is 3.47. The van der Waals surface area contributed by atoms with Gasteiger partial charge in [-0.1, -0.05) is 23.7 Å². The van der Waals surface area contributed by atoms with Gasteiger partial charge in [0.15, 0.2) is 0 Å². The minimum Gasteiger partial charge on any atom is -0.383 e. The minimum atomic E-state index is -0.412. The molecule has 2 N–H and O–H groups in total. The molecule has 82 valence electrons. The number of anilines is 1. The normalized spacial score (nSPS) is 10.4. The number of nitrogen functional groups attached to an aromatic ring is 1. The summed E-state index contributed by atoms with van der Waals surface area (Å²) in [5.41, 5.74) is 7.53. The third-order valence-electron chi connectivity index (χ3n) is 2.30. The van der Waals surface area contributed by atoms with Crippen LogP contribution in [0.15, 0.2) is 36.5 Å². The zero-order valence-corrected chi connectivity index (χ0v) is 9.21. The number of nitrogens with zero attached hydrogens (tertiary/aromatic N) is 1. The Labute approximate surface area is 97.9 Å². The fraction of sp³-hybridized carbons (Fsp3) is 0.0833. The van der Waals surface area contributed by atoms with Crippen LogP contribution in [-0.2, 0) is 6.42 Å². The number of aromatic nitrogens is 1. The summed E-state index contributed by atoms with van der Waals surface area (Å²) < 4.78 is 12.9. The molecule has 0 aliphatic heterocycles. The number of halogens is 2. The lowest BCUT2D eigenvalue weighted by molar-refractivity contribution is 0.627. The number of hydrogen-bond acceptors (Lipinski definition) is 2. The molecule has 0 fully saturated rings. The van der Waals surface area contributed by atoms with Crippen LogP contribution in [0.5, 0.6) is 0 Å². The number of nitrogens with two attached hydrogens (primary N) is 1. The molecule has 0 aliphatic rings. The predicted octanol–water partition coefficient (Wildman–Crippen LogP) is 3.05. The van der Waals surface area contributed by atoms with Crippen molar-refractivity contribution in [3.63, 3.8) is 0 Å². The first-order valence-corrected chi connectivity index (χ1v) is 5.18. The Bertz CT molecular complexity index is 514.